The molecule has 5 aromatic carbocycles. The quantitative estimate of drug-likeness (QED) is 0.0897. The second-order valence-corrected chi connectivity index (χ2v) is 23.6. The zero-order valence-electron chi connectivity index (χ0n) is 50.2. The minimum atomic E-state index is -0.0411. The van der Waals surface area contributed by atoms with Gasteiger partial charge in [0.15, 0.2) is 0 Å². The molecule has 0 amide bonds. The number of benzene rings is 5. The molecule has 424 valence electrons. The van der Waals surface area contributed by atoms with Crippen molar-refractivity contribution >= 4 is 34.3 Å². The maximum atomic E-state index is 5.13. The van der Waals surface area contributed by atoms with E-state index in [4.69, 9.17) is 9.97 Å². The van der Waals surface area contributed by atoms with Gasteiger partial charge in [-0.05, 0) is 127 Å². The first kappa shape index (κ1) is 65.7. The molecule has 0 atom stereocenters. The van der Waals surface area contributed by atoms with E-state index in [0.29, 0.717) is 5.57 Å². The van der Waals surface area contributed by atoms with Crippen LogP contribution in [0.2, 0.25) is 0 Å². The summed E-state index contributed by atoms with van der Waals surface area (Å²) in [5.41, 5.74) is 15.5. The van der Waals surface area contributed by atoms with Crippen molar-refractivity contribution in [2.45, 2.75) is 119 Å². The molecule has 8 heteroatoms. The van der Waals surface area contributed by atoms with Crippen molar-refractivity contribution in [3.05, 3.63) is 265 Å². The first-order valence-electron chi connectivity index (χ1n) is 27.7. The number of anilines is 5. The van der Waals surface area contributed by atoms with Crippen molar-refractivity contribution in [1.29, 1.82) is 0 Å². The number of aromatic nitrogens is 4. The fourth-order valence-corrected chi connectivity index (χ4v) is 8.72. The van der Waals surface area contributed by atoms with Crippen molar-refractivity contribution < 1.29 is 42.1 Å². The Balaban J connectivity index is 0.000000285. The van der Waals surface area contributed by atoms with E-state index in [1.54, 1.807) is 12.4 Å². The molecule has 0 N–H and O–H groups in total. The summed E-state index contributed by atoms with van der Waals surface area (Å²) in [5, 5.41) is 0. The summed E-state index contributed by atoms with van der Waals surface area (Å²) in [6, 6.07) is 70.0. The van der Waals surface area contributed by atoms with Crippen molar-refractivity contribution in [2.24, 2.45) is 0 Å². The molecule has 0 radical (unpaired) electrons. The SMILES string of the molecule is C=CC(=[C-]C(=C)c1ccccn1)N(c1[c-]c(-c2ccccn2)ccc1)c1cc(C(C)(C)C)cc(C(C)(C)C)c1.CC.CC(C)(C)c1cc(N(c2cccc(-c3[c-]cccc3)n2)c2cccc(-c3[c-]cccc3)n2)cc(C(C)(C)C)c1.[Pt+2].[Pt+2]. The zero-order valence-corrected chi connectivity index (χ0v) is 54.7. The van der Waals surface area contributed by atoms with Gasteiger partial charge in [-0.1, -0.05) is 158 Å². The fraction of sp³-hybridized carbons (Fsp3) is 0.243. The average Bonchev–Trinajstić information content (AvgIpc) is 3.61. The molecule has 0 fully saturated rings. The summed E-state index contributed by atoms with van der Waals surface area (Å²) in [5.74, 6) is 1.61. The fourth-order valence-electron chi connectivity index (χ4n) is 8.72. The first-order valence-corrected chi connectivity index (χ1v) is 27.7. The summed E-state index contributed by atoms with van der Waals surface area (Å²) in [6.45, 7) is 39.5. The number of nitrogens with zero attached hydrogens (tertiary/aromatic N) is 6. The molecule has 0 unspecified atom stereocenters. The van der Waals surface area contributed by atoms with Crippen molar-refractivity contribution in [3.63, 3.8) is 0 Å². The Morgan fingerprint density at radius 3 is 1.32 bits per heavy atom. The molecule has 0 bridgehead atoms. The minimum Gasteiger partial charge on any atom is -0.346 e. The molecule has 4 aromatic heterocycles. The predicted octanol–water partition coefficient (Wildman–Crippen LogP) is 19.8. The first-order chi connectivity index (χ1) is 38.1. The minimum absolute atomic E-state index is 0. The monoisotopic (exact) mass is 1440 g/mol. The predicted molar refractivity (Wildman–Crippen MR) is 339 cm³/mol. The molecule has 0 aliphatic rings. The topological polar surface area (TPSA) is 58.0 Å². The summed E-state index contributed by atoms with van der Waals surface area (Å²) < 4.78 is 0. The van der Waals surface area contributed by atoms with E-state index >= 15 is 0 Å². The van der Waals surface area contributed by atoms with Crippen LogP contribution in [0.1, 0.15) is 125 Å². The number of rotatable bonds is 12. The van der Waals surface area contributed by atoms with E-state index in [2.05, 4.69) is 207 Å². The van der Waals surface area contributed by atoms with Gasteiger partial charge in [-0.3, -0.25) is 14.9 Å². The Kier molecular flexibility index (Phi) is 23.0. The van der Waals surface area contributed by atoms with E-state index in [1.807, 2.05) is 129 Å². The van der Waals surface area contributed by atoms with Gasteiger partial charge in [-0.2, -0.15) is 6.58 Å². The Morgan fingerprint density at radius 2 is 0.902 bits per heavy atom. The van der Waals surface area contributed by atoms with Gasteiger partial charge in [0.1, 0.15) is 11.6 Å². The van der Waals surface area contributed by atoms with Crippen LogP contribution in [0.3, 0.4) is 0 Å². The molecule has 0 saturated carbocycles. The van der Waals surface area contributed by atoms with Gasteiger partial charge in [0.2, 0.25) is 0 Å². The Hall–Kier alpha value is -7.10. The van der Waals surface area contributed by atoms with Crippen molar-refractivity contribution in [1.82, 2.24) is 19.9 Å². The molecule has 0 spiro atoms. The summed E-state index contributed by atoms with van der Waals surface area (Å²) in [6.07, 6.45) is 8.87. The van der Waals surface area contributed by atoms with Crippen molar-refractivity contribution in [2.75, 3.05) is 9.80 Å². The van der Waals surface area contributed by atoms with E-state index < -0.39 is 0 Å². The largest absolute Gasteiger partial charge is 2.00 e. The molecular weight excluding hydrogens is 1360 g/mol. The van der Waals surface area contributed by atoms with Crippen molar-refractivity contribution in [3.8, 4) is 33.8 Å². The van der Waals surface area contributed by atoms with Gasteiger partial charge in [-0.25, -0.2) is 0 Å². The molecule has 4 heterocycles. The third-order valence-corrected chi connectivity index (χ3v) is 13.4. The average molecular weight is 1440 g/mol. The Morgan fingerprint density at radius 1 is 0.476 bits per heavy atom. The number of allylic oxidation sites excluding steroid dienone is 3. The normalized spacial score (nSPS) is 11.5. The number of pyridine rings is 4. The van der Waals surface area contributed by atoms with Crippen LogP contribution >= 0.6 is 0 Å². The molecule has 0 saturated heterocycles. The molecule has 9 aromatic rings. The maximum Gasteiger partial charge on any atom is 2.00 e. The van der Waals surface area contributed by atoms with E-state index in [1.165, 1.54) is 22.3 Å². The number of hydrogen-bond acceptors (Lipinski definition) is 6. The van der Waals surface area contributed by atoms with Crippen LogP contribution in [0, 0.1) is 24.3 Å². The second kappa shape index (κ2) is 28.7. The standard InChI is InChI=1S/C36H35N3.C36H37N3.C2H6.2Pt/c1-35(2,3)28-23-29(36(4,5)6)25-30(24-28)39(33-21-13-19-31(37-33)26-15-9-7-10-16-26)34-22-14-20-32(38-34)27-17-11-8-12-18-27;1-9-30(21-26(2)33-17-10-12-19-37-33)39(31-16-14-15-27(22-31)34-18-11-13-20-38-34)32-24-28(35(3,4)5)23-29(25-32)36(6,7)8;1-2;;/h7-15,17,19-25H,1-6H3;9-20,23-25H,1-2H2,3-8H3;1-2H3;;/q2*-2;;2*+2. The molecule has 6 nitrogen and oxygen atoms in total. The molecule has 0 aliphatic heterocycles. The smallest absolute Gasteiger partial charge is 0.346 e. The second-order valence-electron chi connectivity index (χ2n) is 23.6. The van der Waals surface area contributed by atoms with E-state index in [0.717, 1.165) is 73.9 Å². The third kappa shape index (κ3) is 17.0. The van der Waals surface area contributed by atoms with Crippen LogP contribution in [0.25, 0.3) is 39.3 Å². The van der Waals surface area contributed by atoms with Gasteiger partial charge in [0, 0.05) is 23.8 Å². The van der Waals surface area contributed by atoms with Crippen LogP contribution < -0.4 is 9.80 Å². The van der Waals surface area contributed by atoms with Crippen LogP contribution in [-0.2, 0) is 63.8 Å². The van der Waals surface area contributed by atoms with Crippen LogP contribution in [-0.4, -0.2) is 19.9 Å². The van der Waals surface area contributed by atoms with Crippen LogP contribution in [0.5, 0.6) is 0 Å². The molecular formula is C74H78N6Pt2. The maximum absolute atomic E-state index is 5.13. The third-order valence-electron chi connectivity index (χ3n) is 13.4. The van der Waals surface area contributed by atoms with Gasteiger partial charge in [0.05, 0.1) is 0 Å². The van der Waals surface area contributed by atoms with Gasteiger partial charge < -0.3 is 14.9 Å². The molecule has 9 rings (SSSR count). The molecule has 82 heavy (non-hydrogen) atoms. The number of hydrogen-bond donors (Lipinski definition) is 0. The molecule has 0 aliphatic carbocycles. The van der Waals surface area contributed by atoms with E-state index in [-0.39, 0.29) is 63.8 Å². The summed E-state index contributed by atoms with van der Waals surface area (Å²) in [7, 11) is 0. The van der Waals surface area contributed by atoms with Gasteiger partial charge in [0.25, 0.3) is 0 Å². The summed E-state index contributed by atoms with van der Waals surface area (Å²) in [4.78, 5) is 23.6. The van der Waals surface area contributed by atoms with Gasteiger partial charge in [-0.15, -0.1) is 126 Å². The zero-order chi connectivity index (χ0) is 57.8. The van der Waals surface area contributed by atoms with E-state index in [9.17, 15) is 0 Å². The Bertz CT molecular complexity index is 3380. The van der Waals surface area contributed by atoms with Gasteiger partial charge >= 0.3 is 42.1 Å². The van der Waals surface area contributed by atoms with Crippen LogP contribution in [0.4, 0.5) is 28.7 Å². The summed E-state index contributed by atoms with van der Waals surface area (Å²) >= 11 is 0. The van der Waals surface area contributed by atoms with Crippen LogP contribution in [0.15, 0.2) is 213 Å². The Labute approximate surface area is 520 Å².